The average molecular weight is 429 g/mol. The fourth-order valence-corrected chi connectivity index (χ4v) is 4.10. The van der Waals surface area contributed by atoms with Gasteiger partial charge in [-0.05, 0) is 59.1 Å². The molecule has 0 atom stereocenters. The van der Waals surface area contributed by atoms with E-state index in [1.165, 1.54) is 0 Å². The number of nitrogens with two attached hydrogens (primary N) is 2. The maximum atomic E-state index is 14.0. The molecule has 1 aliphatic carbocycles. The van der Waals surface area contributed by atoms with E-state index in [1.54, 1.807) is 12.1 Å². The highest BCUT2D eigenvalue weighted by Gasteiger charge is 2.40. The van der Waals surface area contributed by atoms with Gasteiger partial charge >= 0.3 is 0 Å². The monoisotopic (exact) mass is 428 g/mol. The molecular formula is C27H32N4O. The van der Waals surface area contributed by atoms with E-state index in [1.807, 2.05) is 48.6 Å². The maximum absolute atomic E-state index is 14.0. The Kier molecular flexibility index (Phi) is 6.22. The highest BCUT2D eigenvalue weighted by molar-refractivity contribution is 6.15. The number of benzene rings is 2. The molecule has 0 radical (unpaired) electrons. The molecule has 0 amide bonds. The molecule has 0 heterocycles. The van der Waals surface area contributed by atoms with Gasteiger partial charge in [-0.2, -0.15) is 0 Å². The molecule has 166 valence electrons. The fourth-order valence-electron chi connectivity index (χ4n) is 4.10. The molecule has 0 bridgehead atoms. The summed E-state index contributed by atoms with van der Waals surface area (Å²) in [6, 6.07) is 14.8. The summed E-state index contributed by atoms with van der Waals surface area (Å²) < 4.78 is 0. The standard InChI is InChI=1S/C27H32N4O/c1-26(2)11-12-27(3,4)22(16-18-8-6-10-20(14-18)25(30)31)23(32)21(26)15-17-7-5-9-19(13-17)24(28)29/h5-10,13-16H,11-12H2,1-4H3,(H3,28,29)(H3,30,31). The minimum absolute atomic E-state index is 0.00349. The lowest BCUT2D eigenvalue weighted by Crippen LogP contribution is -2.22. The highest BCUT2D eigenvalue weighted by atomic mass is 16.1. The van der Waals surface area contributed by atoms with Gasteiger partial charge in [0, 0.05) is 22.3 Å². The van der Waals surface area contributed by atoms with Crippen molar-refractivity contribution in [1.29, 1.82) is 10.8 Å². The molecule has 5 nitrogen and oxygen atoms in total. The van der Waals surface area contributed by atoms with Gasteiger partial charge in [0.25, 0.3) is 0 Å². The maximum Gasteiger partial charge on any atom is 0.186 e. The van der Waals surface area contributed by atoms with Crippen molar-refractivity contribution in [3.63, 3.8) is 0 Å². The molecule has 0 aliphatic heterocycles. The highest BCUT2D eigenvalue weighted by Crippen LogP contribution is 2.47. The first-order valence-corrected chi connectivity index (χ1v) is 10.8. The van der Waals surface area contributed by atoms with Crippen molar-refractivity contribution >= 4 is 29.6 Å². The van der Waals surface area contributed by atoms with Crippen molar-refractivity contribution < 1.29 is 4.79 Å². The summed E-state index contributed by atoms with van der Waals surface area (Å²) in [6.45, 7) is 8.45. The van der Waals surface area contributed by atoms with Crippen LogP contribution >= 0.6 is 0 Å². The van der Waals surface area contributed by atoms with Crippen LogP contribution in [0.25, 0.3) is 12.2 Å². The zero-order valence-corrected chi connectivity index (χ0v) is 19.3. The number of nitrogen functional groups attached to an aromatic ring is 2. The SMILES string of the molecule is CC1(C)CCC(C)(C)C(=Cc2cccc(C(=N)N)c2)C(=O)C1=Cc1cccc(C(=N)N)c1. The minimum Gasteiger partial charge on any atom is -0.384 e. The Labute approximate surface area is 190 Å². The van der Waals surface area contributed by atoms with Crippen molar-refractivity contribution in [2.75, 3.05) is 0 Å². The van der Waals surface area contributed by atoms with Gasteiger partial charge in [0.2, 0.25) is 0 Å². The van der Waals surface area contributed by atoms with E-state index in [-0.39, 0.29) is 28.3 Å². The third-order valence-corrected chi connectivity index (χ3v) is 6.34. The minimum atomic E-state index is -0.308. The van der Waals surface area contributed by atoms with Crippen LogP contribution in [-0.4, -0.2) is 17.5 Å². The van der Waals surface area contributed by atoms with Crippen molar-refractivity contribution in [3.05, 3.63) is 81.9 Å². The predicted octanol–water partition coefficient (Wildman–Crippen LogP) is 5.14. The second-order valence-electron chi connectivity index (χ2n) is 9.79. The molecule has 2 aromatic carbocycles. The van der Waals surface area contributed by atoms with Gasteiger partial charge in [-0.15, -0.1) is 0 Å². The van der Waals surface area contributed by atoms with Crippen molar-refractivity contribution in [2.24, 2.45) is 22.3 Å². The van der Waals surface area contributed by atoms with Crippen LogP contribution in [0.1, 0.15) is 62.8 Å². The Morgan fingerprint density at radius 2 is 1.16 bits per heavy atom. The van der Waals surface area contributed by atoms with Crippen molar-refractivity contribution in [1.82, 2.24) is 0 Å². The quantitative estimate of drug-likeness (QED) is 0.234. The molecule has 0 spiro atoms. The topological polar surface area (TPSA) is 117 Å². The second kappa shape index (κ2) is 8.58. The zero-order valence-electron chi connectivity index (χ0n) is 19.3. The summed E-state index contributed by atoms with van der Waals surface area (Å²) in [5, 5.41) is 15.4. The fraction of sp³-hybridized carbons (Fsp3) is 0.296. The molecule has 1 fully saturated rings. The molecule has 1 aliphatic rings. The summed E-state index contributed by atoms with van der Waals surface area (Å²) in [6.07, 6.45) is 5.62. The van der Waals surface area contributed by atoms with Crippen LogP contribution in [0.4, 0.5) is 0 Å². The van der Waals surface area contributed by atoms with Crippen molar-refractivity contribution in [3.8, 4) is 0 Å². The zero-order chi connectivity index (χ0) is 23.7. The van der Waals surface area contributed by atoms with E-state index < -0.39 is 0 Å². The number of allylic oxidation sites excluding steroid dienone is 2. The number of carbonyl (C=O) groups excluding carboxylic acids is 1. The van der Waals surface area contributed by atoms with Gasteiger partial charge < -0.3 is 11.5 Å². The third kappa shape index (κ3) is 4.88. The van der Waals surface area contributed by atoms with Gasteiger partial charge in [-0.3, -0.25) is 15.6 Å². The molecule has 0 saturated heterocycles. The lowest BCUT2D eigenvalue weighted by Gasteiger charge is -2.26. The van der Waals surface area contributed by atoms with Gasteiger partial charge in [0.1, 0.15) is 11.7 Å². The summed E-state index contributed by atoms with van der Waals surface area (Å²) in [5.41, 5.74) is 15.2. The normalized spacial score (nSPS) is 20.2. The van der Waals surface area contributed by atoms with Gasteiger partial charge in [-0.1, -0.05) is 64.1 Å². The Morgan fingerprint density at radius 1 is 0.781 bits per heavy atom. The molecule has 1 saturated carbocycles. The number of ketones is 1. The van der Waals surface area contributed by atoms with E-state index in [0.717, 1.165) is 35.1 Å². The van der Waals surface area contributed by atoms with Crippen molar-refractivity contribution in [2.45, 2.75) is 40.5 Å². The molecule has 6 N–H and O–H groups in total. The first-order chi connectivity index (χ1) is 14.9. The van der Waals surface area contributed by atoms with Crippen LogP contribution in [-0.2, 0) is 4.79 Å². The van der Waals surface area contributed by atoms with E-state index in [9.17, 15) is 4.79 Å². The second-order valence-corrected chi connectivity index (χ2v) is 9.79. The smallest absolute Gasteiger partial charge is 0.186 e. The van der Waals surface area contributed by atoms with E-state index in [0.29, 0.717) is 11.1 Å². The number of hydrogen-bond acceptors (Lipinski definition) is 3. The summed E-state index contributed by atoms with van der Waals surface area (Å²) in [7, 11) is 0. The van der Waals surface area contributed by atoms with Crippen LogP contribution in [0, 0.1) is 21.6 Å². The molecular weight excluding hydrogens is 396 g/mol. The molecule has 0 aromatic heterocycles. The summed E-state index contributed by atoms with van der Waals surface area (Å²) in [5.74, 6) is 0.0338. The molecule has 2 aromatic rings. The van der Waals surface area contributed by atoms with E-state index >= 15 is 0 Å². The Balaban J connectivity index is 2.15. The molecule has 3 rings (SSSR count). The number of hydrogen-bond donors (Lipinski definition) is 4. The Bertz CT molecular complexity index is 1060. The Morgan fingerprint density at radius 3 is 1.50 bits per heavy atom. The predicted molar refractivity (Wildman–Crippen MR) is 133 cm³/mol. The van der Waals surface area contributed by atoms with E-state index in [4.69, 9.17) is 22.3 Å². The van der Waals surface area contributed by atoms with Crippen LogP contribution in [0.5, 0.6) is 0 Å². The number of Topliss-reactive ketones (excluding diaryl/α,β-unsaturated/α-hetero) is 1. The third-order valence-electron chi connectivity index (χ3n) is 6.34. The lowest BCUT2D eigenvalue weighted by atomic mass is 9.78. The van der Waals surface area contributed by atoms with Crippen LogP contribution in [0.15, 0.2) is 59.7 Å². The molecule has 5 heteroatoms. The number of amidine groups is 2. The lowest BCUT2D eigenvalue weighted by molar-refractivity contribution is -0.113. The van der Waals surface area contributed by atoms with E-state index in [2.05, 4.69) is 27.7 Å². The largest absolute Gasteiger partial charge is 0.384 e. The number of rotatable bonds is 4. The summed E-state index contributed by atoms with van der Waals surface area (Å²) >= 11 is 0. The van der Waals surface area contributed by atoms with Crippen LogP contribution in [0.2, 0.25) is 0 Å². The number of nitrogens with one attached hydrogen (secondary N) is 2. The van der Waals surface area contributed by atoms with Gasteiger partial charge in [0.05, 0.1) is 0 Å². The average Bonchev–Trinajstić information content (AvgIpc) is 2.79. The van der Waals surface area contributed by atoms with Crippen LogP contribution in [0.3, 0.4) is 0 Å². The van der Waals surface area contributed by atoms with Gasteiger partial charge in [-0.25, -0.2) is 0 Å². The Hall–Kier alpha value is -3.47. The molecule has 0 unspecified atom stereocenters. The van der Waals surface area contributed by atoms with Gasteiger partial charge in [0.15, 0.2) is 5.78 Å². The first-order valence-electron chi connectivity index (χ1n) is 10.8. The van der Waals surface area contributed by atoms with Crippen LogP contribution < -0.4 is 11.5 Å². The molecule has 32 heavy (non-hydrogen) atoms. The summed E-state index contributed by atoms with van der Waals surface area (Å²) in [4.78, 5) is 14.0. The number of carbonyl (C=O) groups is 1. The first kappa shape index (κ1) is 23.2.